The molecule has 28 heavy (non-hydrogen) atoms. The van der Waals surface area contributed by atoms with Gasteiger partial charge in [-0.15, -0.1) is 11.8 Å². The second-order valence-electron chi connectivity index (χ2n) is 8.81. The number of carbonyl (C=O) groups excluding carboxylic acids is 1. The highest BCUT2D eigenvalue weighted by atomic mass is 32.2. The Hall–Kier alpha value is -1.27. The third-order valence-electron chi connectivity index (χ3n) is 5.11. The van der Waals surface area contributed by atoms with E-state index in [0.717, 1.165) is 66.6 Å². The number of nitrogens with one attached hydrogen (secondary N) is 1. The number of pyridine rings is 1. The first-order chi connectivity index (χ1) is 13.2. The Morgan fingerprint density at radius 2 is 2.18 bits per heavy atom. The number of hydrogen-bond donors (Lipinski definition) is 1. The summed E-state index contributed by atoms with van der Waals surface area (Å²) >= 11 is 1.64. The fourth-order valence-corrected chi connectivity index (χ4v) is 4.28. The number of anilines is 1. The summed E-state index contributed by atoms with van der Waals surface area (Å²) in [7, 11) is 2.08. The van der Waals surface area contributed by atoms with Crippen LogP contribution in [0.25, 0.3) is 0 Å². The van der Waals surface area contributed by atoms with Crippen LogP contribution in [0.3, 0.4) is 0 Å². The highest BCUT2D eigenvalue weighted by Gasteiger charge is 2.23. The largest absolute Gasteiger partial charge is 0.379 e. The van der Waals surface area contributed by atoms with Crippen LogP contribution < -0.4 is 10.2 Å². The lowest BCUT2D eigenvalue weighted by Crippen LogP contribution is -2.39. The number of aromatic nitrogens is 1. The van der Waals surface area contributed by atoms with Crippen molar-refractivity contribution in [3.8, 4) is 0 Å². The quantitative estimate of drug-likeness (QED) is 0.501. The van der Waals surface area contributed by atoms with Gasteiger partial charge in [0.1, 0.15) is 10.8 Å². The molecule has 1 atom stereocenters. The van der Waals surface area contributed by atoms with Crippen molar-refractivity contribution < 1.29 is 9.53 Å². The van der Waals surface area contributed by atoms with Crippen molar-refractivity contribution in [1.29, 1.82) is 0 Å². The molecule has 1 aromatic rings. The number of hydrogen-bond acceptors (Lipinski definition) is 5. The minimum Gasteiger partial charge on any atom is -0.379 e. The van der Waals surface area contributed by atoms with Crippen LogP contribution in [-0.4, -0.2) is 49.5 Å². The van der Waals surface area contributed by atoms with Gasteiger partial charge in [-0.05, 0) is 55.4 Å². The third-order valence-corrected chi connectivity index (χ3v) is 5.97. The summed E-state index contributed by atoms with van der Waals surface area (Å²) in [6.07, 6.45) is 4.28. The van der Waals surface area contributed by atoms with E-state index in [1.807, 2.05) is 13.0 Å². The fraction of sp³-hybridized carbons (Fsp3) is 0.727. The molecule has 1 amide bonds. The van der Waals surface area contributed by atoms with Gasteiger partial charge in [0.25, 0.3) is 5.91 Å². The van der Waals surface area contributed by atoms with Gasteiger partial charge in [-0.2, -0.15) is 0 Å². The van der Waals surface area contributed by atoms with Gasteiger partial charge >= 0.3 is 0 Å². The summed E-state index contributed by atoms with van der Waals surface area (Å²) in [5.74, 6) is 1.80. The average molecular weight is 408 g/mol. The molecule has 2 rings (SSSR count). The monoisotopic (exact) mass is 407 g/mol. The van der Waals surface area contributed by atoms with E-state index in [0.29, 0.717) is 18.0 Å². The molecule has 1 fully saturated rings. The Morgan fingerprint density at radius 1 is 1.43 bits per heavy atom. The van der Waals surface area contributed by atoms with E-state index in [1.54, 1.807) is 11.8 Å². The fourth-order valence-electron chi connectivity index (χ4n) is 3.45. The molecule has 1 N–H and O–H groups in total. The van der Waals surface area contributed by atoms with Crippen LogP contribution >= 0.6 is 11.8 Å². The topological polar surface area (TPSA) is 54.5 Å². The number of ether oxygens (including phenoxy) is 1. The van der Waals surface area contributed by atoms with Crippen LogP contribution in [0.2, 0.25) is 0 Å². The average Bonchev–Trinajstić information content (AvgIpc) is 2.64. The van der Waals surface area contributed by atoms with Crippen molar-refractivity contribution in [3.63, 3.8) is 0 Å². The molecule has 0 spiro atoms. The van der Waals surface area contributed by atoms with Crippen molar-refractivity contribution in [1.82, 2.24) is 10.3 Å². The van der Waals surface area contributed by atoms with Gasteiger partial charge in [-0.3, -0.25) is 4.79 Å². The molecule has 5 nitrogen and oxygen atoms in total. The van der Waals surface area contributed by atoms with Crippen molar-refractivity contribution in [2.24, 2.45) is 5.41 Å². The second-order valence-corrected chi connectivity index (χ2v) is 10.1. The van der Waals surface area contributed by atoms with E-state index in [2.05, 4.69) is 45.0 Å². The maximum Gasteiger partial charge on any atom is 0.254 e. The highest BCUT2D eigenvalue weighted by molar-refractivity contribution is 7.99. The predicted octanol–water partition coefficient (Wildman–Crippen LogP) is 4.67. The summed E-state index contributed by atoms with van der Waals surface area (Å²) in [6.45, 7) is 13.1. The number of likely N-dealkylation sites (N-methyl/N-ethyl adjacent to an activating group) is 1. The number of thioether (sulfide) groups is 1. The smallest absolute Gasteiger partial charge is 0.254 e. The first-order valence-electron chi connectivity index (χ1n) is 10.5. The van der Waals surface area contributed by atoms with E-state index in [9.17, 15) is 4.79 Å². The van der Waals surface area contributed by atoms with Gasteiger partial charge in [0.05, 0.1) is 18.2 Å². The number of rotatable bonds is 8. The van der Waals surface area contributed by atoms with Crippen LogP contribution in [0.4, 0.5) is 5.82 Å². The van der Waals surface area contributed by atoms with Gasteiger partial charge in [0, 0.05) is 20.2 Å². The normalized spacial score (nSPS) is 17.4. The predicted molar refractivity (Wildman–Crippen MR) is 119 cm³/mol. The molecule has 0 aliphatic carbocycles. The van der Waals surface area contributed by atoms with Crippen molar-refractivity contribution >= 4 is 23.5 Å². The molecular formula is C22H37N3O2S. The Morgan fingerprint density at radius 3 is 2.79 bits per heavy atom. The van der Waals surface area contributed by atoms with E-state index < -0.39 is 0 Å². The zero-order valence-electron chi connectivity index (χ0n) is 18.4. The van der Waals surface area contributed by atoms with E-state index in [1.165, 1.54) is 0 Å². The molecule has 0 bridgehead atoms. The first kappa shape index (κ1) is 23.0. The van der Waals surface area contributed by atoms with Crippen LogP contribution in [0.1, 0.15) is 69.3 Å². The molecule has 1 unspecified atom stereocenters. The van der Waals surface area contributed by atoms with E-state index >= 15 is 0 Å². The van der Waals surface area contributed by atoms with Crippen LogP contribution in [0.5, 0.6) is 0 Å². The molecule has 2 heterocycles. The van der Waals surface area contributed by atoms with Crippen molar-refractivity contribution in [2.45, 2.75) is 71.4 Å². The van der Waals surface area contributed by atoms with Gasteiger partial charge in [-0.1, -0.05) is 27.7 Å². The van der Waals surface area contributed by atoms with Gasteiger partial charge in [0.15, 0.2) is 0 Å². The lowest BCUT2D eigenvalue weighted by Gasteiger charge is -2.32. The van der Waals surface area contributed by atoms with E-state index in [4.69, 9.17) is 9.72 Å². The second kappa shape index (κ2) is 10.5. The summed E-state index contributed by atoms with van der Waals surface area (Å²) in [5, 5.41) is 3.93. The zero-order valence-corrected chi connectivity index (χ0v) is 19.2. The maximum atomic E-state index is 12.9. The highest BCUT2D eigenvalue weighted by Crippen LogP contribution is 2.29. The Bertz CT molecular complexity index is 652. The SMILES string of the molecule is CCSc1nc(N(C)C2CCCOC2)cc(C)c1C(=O)NCCCC(C)(C)C. The first-order valence-corrected chi connectivity index (χ1v) is 11.4. The third kappa shape index (κ3) is 6.66. The van der Waals surface area contributed by atoms with Crippen LogP contribution in [-0.2, 0) is 4.74 Å². The molecule has 1 saturated heterocycles. The summed E-state index contributed by atoms with van der Waals surface area (Å²) in [6, 6.07) is 2.38. The standard InChI is InChI=1S/C22H37N3O2S/c1-7-28-21-19(20(26)23-12-9-11-22(3,4)5)16(2)14-18(24-21)25(6)17-10-8-13-27-15-17/h14,17H,7-13,15H2,1-6H3,(H,23,26). The number of nitrogens with zero attached hydrogens (tertiary/aromatic N) is 2. The number of aryl methyl sites for hydroxylation is 1. The Kier molecular flexibility index (Phi) is 8.62. The molecule has 158 valence electrons. The van der Waals surface area contributed by atoms with E-state index in [-0.39, 0.29) is 5.91 Å². The minimum atomic E-state index is -0.00920. The molecule has 0 saturated carbocycles. The van der Waals surface area contributed by atoms with Crippen LogP contribution in [0, 0.1) is 12.3 Å². The summed E-state index contributed by atoms with van der Waals surface area (Å²) < 4.78 is 5.63. The molecule has 1 aromatic heterocycles. The lowest BCUT2D eigenvalue weighted by atomic mass is 9.91. The molecule has 0 aromatic carbocycles. The van der Waals surface area contributed by atoms with Gasteiger partial charge < -0.3 is 15.0 Å². The lowest BCUT2D eigenvalue weighted by molar-refractivity contribution is 0.0804. The van der Waals surface area contributed by atoms with Crippen LogP contribution in [0.15, 0.2) is 11.1 Å². The molecular weight excluding hydrogens is 370 g/mol. The van der Waals surface area contributed by atoms with Gasteiger partial charge in [-0.25, -0.2) is 4.98 Å². The summed E-state index contributed by atoms with van der Waals surface area (Å²) in [5.41, 5.74) is 2.00. The molecule has 0 radical (unpaired) electrons. The number of carbonyl (C=O) groups is 1. The van der Waals surface area contributed by atoms with Crippen molar-refractivity contribution in [2.75, 3.05) is 37.5 Å². The Labute approximate surface area is 175 Å². The minimum absolute atomic E-state index is 0.00920. The maximum absolute atomic E-state index is 12.9. The van der Waals surface area contributed by atoms with Gasteiger partial charge in [0.2, 0.25) is 0 Å². The number of amides is 1. The molecule has 6 heteroatoms. The molecule has 1 aliphatic heterocycles. The van der Waals surface area contributed by atoms with Crippen molar-refractivity contribution in [3.05, 3.63) is 17.2 Å². The Balaban J connectivity index is 2.13. The zero-order chi connectivity index (χ0) is 20.7. The summed E-state index contributed by atoms with van der Waals surface area (Å²) in [4.78, 5) is 19.9. The molecule has 1 aliphatic rings.